The lowest BCUT2D eigenvalue weighted by atomic mass is 10.2. The summed E-state index contributed by atoms with van der Waals surface area (Å²) in [6.07, 6.45) is 1.15. The molecule has 0 radical (unpaired) electrons. The van der Waals surface area contributed by atoms with Crippen LogP contribution in [0.15, 0.2) is 36.5 Å². The Kier molecular flexibility index (Phi) is 2.98. The average Bonchev–Trinajstić information content (AvgIpc) is 2.92. The lowest BCUT2D eigenvalue weighted by Gasteiger charge is -2.20. The van der Waals surface area contributed by atoms with Crippen LogP contribution in [0.4, 0.5) is 10.5 Å². The van der Waals surface area contributed by atoms with Crippen molar-refractivity contribution in [3.63, 3.8) is 0 Å². The van der Waals surface area contributed by atoms with Crippen molar-refractivity contribution in [2.24, 2.45) is 0 Å². The van der Waals surface area contributed by atoms with Crippen LogP contribution in [0.3, 0.4) is 0 Å². The zero-order valence-electron chi connectivity index (χ0n) is 10.9. The van der Waals surface area contributed by atoms with E-state index in [1.165, 1.54) is 4.90 Å². The number of nitrogens with one attached hydrogen (secondary N) is 1. The predicted octanol–water partition coefficient (Wildman–Crippen LogP) is 1.31. The summed E-state index contributed by atoms with van der Waals surface area (Å²) in [5, 5.41) is 3.48. The van der Waals surface area contributed by atoms with Crippen LogP contribution >= 0.6 is 0 Å². The number of alkyl carbamates (subject to hydrolysis) is 1. The molecule has 6 heteroatoms. The maximum absolute atomic E-state index is 12.2. The van der Waals surface area contributed by atoms with E-state index < -0.39 is 12.1 Å². The molecule has 2 heterocycles. The zero-order valence-corrected chi connectivity index (χ0v) is 10.9. The molecule has 2 amide bonds. The van der Waals surface area contributed by atoms with Gasteiger partial charge in [0, 0.05) is 24.3 Å². The standard InChI is InChI=1S/C14H13N3O3/c1-17(13(18)12-8-20-14(19)16-12)10-5-4-9-3-2-6-15-11(9)7-10/h2-7,12H,8H2,1H3,(H,16,19)/t12-/m0/s1. The number of carbonyl (C=O) groups is 2. The summed E-state index contributed by atoms with van der Waals surface area (Å²) in [5.41, 5.74) is 1.54. The third-order valence-corrected chi connectivity index (χ3v) is 3.28. The molecule has 3 rings (SSSR count). The molecule has 6 nitrogen and oxygen atoms in total. The van der Waals surface area contributed by atoms with Gasteiger partial charge in [-0.15, -0.1) is 0 Å². The number of rotatable bonds is 2. The molecule has 1 saturated heterocycles. The quantitative estimate of drug-likeness (QED) is 0.893. The van der Waals surface area contributed by atoms with Gasteiger partial charge in [-0.2, -0.15) is 0 Å². The predicted molar refractivity (Wildman–Crippen MR) is 73.4 cm³/mol. The highest BCUT2D eigenvalue weighted by atomic mass is 16.6. The second-order valence-electron chi connectivity index (χ2n) is 4.57. The van der Waals surface area contributed by atoms with Crippen LogP contribution in [-0.2, 0) is 9.53 Å². The van der Waals surface area contributed by atoms with Gasteiger partial charge in [0.2, 0.25) is 0 Å². The van der Waals surface area contributed by atoms with Crippen molar-refractivity contribution in [1.82, 2.24) is 10.3 Å². The summed E-state index contributed by atoms with van der Waals surface area (Å²) in [6.45, 7) is 0.0633. The summed E-state index contributed by atoms with van der Waals surface area (Å²) in [6, 6.07) is 8.78. The van der Waals surface area contributed by atoms with Crippen LogP contribution < -0.4 is 10.2 Å². The maximum Gasteiger partial charge on any atom is 0.407 e. The van der Waals surface area contributed by atoms with E-state index in [9.17, 15) is 9.59 Å². The van der Waals surface area contributed by atoms with Crippen LogP contribution in [0, 0.1) is 0 Å². The van der Waals surface area contributed by atoms with Gasteiger partial charge in [-0.25, -0.2) is 4.79 Å². The Morgan fingerprint density at radius 1 is 1.45 bits per heavy atom. The highest BCUT2D eigenvalue weighted by Gasteiger charge is 2.31. The van der Waals surface area contributed by atoms with Gasteiger partial charge in [-0.3, -0.25) is 9.78 Å². The minimum absolute atomic E-state index is 0.0633. The number of hydrogen-bond donors (Lipinski definition) is 1. The molecule has 0 bridgehead atoms. The molecule has 1 aromatic heterocycles. The summed E-state index contributed by atoms with van der Waals surface area (Å²) < 4.78 is 4.73. The number of fused-ring (bicyclic) bond motifs is 1. The molecule has 0 spiro atoms. The summed E-state index contributed by atoms with van der Waals surface area (Å²) >= 11 is 0. The van der Waals surface area contributed by atoms with Crippen LogP contribution in [0.5, 0.6) is 0 Å². The van der Waals surface area contributed by atoms with Gasteiger partial charge in [-0.05, 0) is 18.2 Å². The number of ether oxygens (including phenoxy) is 1. The lowest BCUT2D eigenvalue weighted by molar-refractivity contribution is -0.120. The number of cyclic esters (lactones) is 1. The van der Waals surface area contributed by atoms with E-state index in [1.807, 2.05) is 30.3 Å². The number of aromatic nitrogens is 1. The van der Waals surface area contributed by atoms with E-state index in [-0.39, 0.29) is 12.5 Å². The summed E-state index contributed by atoms with van der Waals surface area (Å²) in [5.74, 6) is -0.217. The van der Waals surface area contributed by atoms with Gasteiger partial charge < -0.3 is 15.0 Å². The minimum Gasteiger partial charge on any atom is -0.447 e. The van der Waals surface area contributed by atoms with E-state index in [0.717, 1.165) is 16.6 Å². The van der Waals surface area contributed by atoms with Crippen molar-refractivity contribution >= 4 is 28.6 Å². The van der Waals surface area contributed by atoms with Gasteiger partial charge in [0.25, 0.3) is 5.91 Å². The number of benzene rings is 1. The number of anilines is 1. The molecule has 102 valence electrons. The largest absolute Gasteiger partial charge is 0.447 e. The molecule has 0 saturated carbocycles. The number of pyridine rings is 1. The van der Waals surface area contributed by atoms with E-state index in [2.05, 4.69) is 10.3 Å². The Balaban J connectivity index is 1.86. The van der Waals surface area contributed by atoms with Gasteiger partial charge in [0.15, 0.2) is 0 Å². The van der Waals surface area contributed by atoms with Crippen molar-refractivity contribution in [3.8, 4) is 0 Å². The van der Waals surface area contributed by atoms with E-state index in [0.29, 0.717) is 0 Å². The Morgan fingerprint density at radius 2 is 2.30 bits per heavy atom. The molecular formula is C14H13N3O3. The molecular weight excluding hydrogens is 258 g/mol. The first-order valence-corrected chi connectivity index (χ1v) is 6.21. The number of likely N-dealkylation sites (N-methyl/N-ethyl adjacent to an activating group) is 1. The Hall–Kier alpha value is -2.63. The number of hydrogen-bond acceptors (Lipinski definition) is 4. The molecule has 1 aromatic carbocycles. The molecule has 1 aliphatic rings. The second kappa shape index (κ2) is 4.80. The van der Waals surface area contributed by atoms with Crippen LogP contribution in [-0.4, -0.2) is 36.7 Å². The van der Waals surface area contributed by atoms with E-state index in [1.54, 1.807) is 13.2 Å². The van der Waals surface area contributed by atoms with Crippen LogP contribution in [0.25, 0.3) is 10.9 Å². The Labute approximate surface area is 115 Å². The van der Waals surface area contributed by atoms with Gasteiger partial charge in [-0.1, -0.05) is 12.1 Å². The van der Waals surface area contributed by atoms with Gasteiger partial charge in [0.1, 0.15) is 12.6 Å². The molecule has 1 N–H and O–H groups in total. The van der Waals surface area contributed by atoms with Crippen LogP contribution in [0.2, 0.25) is 0 Å². The third-order valence-electron chi connectivity index (χ3n) is 3.28. The van der Waals surface area contributed by atoms with Crippen LogP contribution in [0.1, 0.15) is 0 Å². The highest BCUT2D eigenvalue weighted by Crippen LogP contribution is 2.20. The van der Waals surface area contributed by atoms with Crippen molar-refractivity contribution < 1.29 is 14.3 Å². The SMILES string of the molecule is CN(C(=O)[C@@H]1COC(=O)N1)c1ccc2cccnc2c1. The third kappa shape index (κ3) is 2.16. The summed E-state index contributed by atoms with van der Waals surface area (Å²) in [7, 11) is 1.66. The fraction of sp³-hybridized carbons (Fsp3) is 0.214. The van der Waals surface area contributed by atoms with Crippen molar-refractivity contribution in [1.29, 1.82) is 0 Å². The normalized spacial score (nSPS) is 17.6. The monoisotopic (exact) mass is 271 g/mol. The average molecular weight is 271 g/mol. The molecule has 1 atom stereocenters. The zero-order chi connectivity index (χ0) is 14.1. The number of amides is 2. The maximum atomic E-state index is 12.2. The minimum atomic E-state index is -0.632. The van der Waals surface area contributed by atoms with Crippen molar-refractivity contribution in [2.45, 2.75) is 6.04 Å². The first-order chi connectivity index (χ1) is 9.65. The van der Waals surface area contributed by atoms with Gasteiger partial charge in [0.05, 0.1) is 5.52 Å². The topological polar surface area (TPSA) is 71.5 Å². The fourth-order valence-corrected chi connectivity index (χ4v) is 2.14. The number of nitrogens with zero attached hydrogens (tertiary/aromatic N) is 2. The number of carbonyl (C=O) groups excluding carboxylic acids is 2. The van der Waals surface area contributed by atoms with Crippen molar-refractivity contribution in [3.05, 3.63) is 36.5 Å². The first kappa shape index (κ1) is 12.4. The second-order valence-corrected chi connectivity index (χ2v) is 4.57. The molecule has 1 fully saturated rings. The van der Waals surface area contributed by atoms with Gasteiger partial charge >= 0.3 is 6.09 Å². The first-order valence-electron chi connectivity index (χ1n) is 6.21. The molecule has 0 aliphatic carbocycles. The van der Waals surface area contributed by atoms with Crippen molar-refractivity contribution in [2.75, 3.05) is 18.6 Å². The molecule has 1 aliphatic heterocycles. The molecule has 20 heavy (non-hydrogen) atoms. The van der Waals surface area contributed by atoms with E-state index in [4.69, 9.17) is 4.74 Å². The smallest absolute Gasteiger partial charge is 0.407 e. The molecule has 0 unspecified atom stereocenters. The Bertz CT molecular complexity index is 686. The fourth-order valence-electron chi connectivity index (χ4n) is 2.14. The van der Waals surface area contributed by atoms with E-state index >= 15 is 0 Å². The Morgan fingerprint density at radius 3 is 3.05 bits per heavy atom. The summed E-state index contributed by atoms with van der Waals surface area (Å²) in [4.78, 5) is 29.0. The highest BCUT2D eigenvalue weighted by molar-refractivity contribution is 6.00. The molecule has 2 aromatic rings. The lowest BCUT2D eigenvalue weighted by Crippen LogP contribution is -2.43.